The molecule has 0 unspecified atom stereocenters. The number of carbonyl (C=O) groups is 2. The number of carboxylic acids is 2. The van der Waals surface area contributed by atoms with Gasteiger partial charge in [0.15, 0.2) is 0 Å². The number of hydrogen-bond donors (Lipinski definition) is 3. The zero-order chi connectivity index (χ0) is 9.07. The van der Waals surface area contributed by atoms with Gasteiger partial charge in [-0.2, -0.15) is 0 Å². The summed E-state index contributed by atoms with van der Waals surface area (Å²) in [5.41, 5.74) is 2.71. The van der Waals surface area contributed by atoms with Gasteiger partial charge in [-0.15, -0.1) is 0 Å². The molecule has 5 nitrogen and oxygen atoms in total. The van der Waals surface area contributed by atoms with Crippen molar-refractivity contribution in [1.82, 2.24) is 0 Å². The van der Waals surface area contributed by atoms with Crippen LogP contribution in [0.3, 0.4) is 0 Å². The fourth-order valence-corrected chi connectivity index (χ4v) is 0.497. The van der Waals surface area contributed by atoms with Gasteiger partial charge in [-0.25, -0.2) is 9.59 Å². The molecule has 0 heterocycles. The van der Waals surface area contributed by atoms with E-state index >= 15 is 0 Å². The van der Waals surface area contributed by atoms with Crippen LogP contribution in [0.4, 0.5) is 0 Å². The van der Waals surface area contributed by atoms with E-state index in [0.717, 1.165) is 6.08 Å². The summed E-state index contributed by atoms with van der Waals surface area (Å²) in [7, 11) is 0. The van der Waals surface area contributed by atoms with Gasteiger partial charge in [0.25, 0.3) is 0 Å². The molecule has 0 bridgehead atoms. The van der Waals surface area contributed by atoms with Gasteiger partial charge in [0.2, 0.25) is 5.54 Å². The summed E-state index contributed by atoms with van der Waals surface area (Å²) < 4.78 is 0. The van der Waals surface area contributed by atoms with Crippen molar-refractivity contribution in [3.63, 3.8) is 0 Å². The first kappa shape index (κ1) is 9.64. The van der Waals surface area contributed by atoms with E-state index in [4.69, 9.17) is 15.9 Å². The Morgan fingerprint density at radius 3 is 1.82 bits per heavy atom. The van der Waals surface area contributed by atoms with Crippen molar-refractivity contribution in [1.29, 1.82) is 0 Å². The van der Waals surface area contributed by atoms with Crippen molar-refractivity contribution in [3.8, 4) is 0 Å². The minimum absolute atomic E-state index is 0.914. The van der Waals surface area contributed by atoms with E-state index in [-0.39, 0.29) is 0 Å². The highest BCUT2D eigenvalue weighted by Crippen LogP contribution is 2.02. The topological polar surface area (TPSA) is 101 Å². The average molecular weight is 159 g/mol. The van der Waals surface area contributed by atoms with E-state index in [9.17, 15) is 9.59 Å². The van der Waals surface area contributed by atoms with E-state index in [1.165, 1.54) is 13.0 Å². The van der Waals surface area contributed by atoms with Gasteiger partial charge in [0, 0.05) is 0 Å². The number of allylic oxidation sites excluding steroid dienone is 1. The van der Waals surface area contributed by atoms with Gasteiger partial charge < -0.3 is 15.9 Å². The molecular formula is C6H9NO4. The lowest BCUT2D eigenvalue weighted by Gasteiger charge is -2.13. The first-order chi connectivity index (χ1) is 4.95. The summed E-state index contributed by atoms with van der Waals surface area (Å²) >= 11 is 0. The van der Waals surface area contributed by atoms with Crippen molar-refractivity contribution in [3.05, 3.63) is 12.2 Å². The van der Waals surface area contributed by atoms with Crippen LogP contribution >= 0.6 is 0 Å². The van der Waals surface area contributed by atoms with E-state index < -0.39 is 17.5 Å². The molecule has 0 radical (unpaired) electrons. The summed E-state index contributed by atoms with van der Waals surface area (Å²) in [6.07, 6.45) is 2.19. The van der Waals surface area contributed by atoms with Crippen LogP contribution in [0.2, 0.25) is 0 Å². The Balaban J connectivity index is 4.82. The average Bonchev–Trinajstić information content (AvgIpc) is 1.87. The molecule has 4 N–H and O–H groups in total. The molecule has 0 amide bonds. The van der Waals surface area contributed by atoms with Crippen molar-refractivity contribution in [2.75, 3.05) is 0 Å². The maximum Gasteiger partial charge on any atom is 0.339 e. The number of rotatable bonds is 3. The minimum atomic E-state index is -2.30. The van der Waals surface area contributed by atoms with Gasteiger partial charge in [-0.1, -0.05) is 6.08 Å². The lowest BCUT2D eigenvalue weighted by atomic mass is 10.0. The van der Waals surface area contributed by atoms with Crippen molar-refractivity contribution in [2.24, 2.45) is 5.73 Å². The minimum Gasteiger partial charge on any atom is -0.479 e. The van der Waals surface area contributed by atoms with Gasteiger partial charge in [0.1, 0.15) is 0 Å². The maximum absolute atomic E-state index is 10.3. The first-order valence-corrected chi connectivity index (χ1v) is 2.84. The second-order valence-corrected chi connectivity index (χ2v) is 1.98. The standard InChI is InChI=1S/C6H9NO4/c1-2-3-6(7,4(8)9)5(10)11/h2-3H,7H2,1H3,(H,8,9)(H,10,11). The van der Waals surface area contributed by atoms with Crippen molar-refractivity contribution < 1.29 is 19.8 Å². The Kier molecular flexibility index (Phi) is 2.77. The van der Waals surface area contributed by atoms with Crippen molar-refractivity contribution in [2.45, 2.75) is 12.5 Å². The van der Waals surface area contributed by atoms with E-state index in [0.29, 0.717) is 0 Å². The lowest BCUT2D eigenvalue weighted by molar-refractivity contribution is -0.153. The molecule has 0 saturated carbocycles. The molecule has 0 spiro atoms. The van der Waals surface area contributed by atoms with Gasteiger partial charge in [-0.3, -0.25) is 0 Å². The molecule has 0 saturated heterocycles. The molecule has 0 fully saturated rings. The summed E-state index contributed by atoms with van der Waals surface area (Å²) in [5.74, 6) is -3.16. The third kappa shape index (κ3) is 1.78. The molecule has 5 heteroatoms. The molecular weight excluding hydrogens is 150 g/mol. The second-order valence-electron chi connectivity index (χ2n) is 1.98. The predicted octanol–water partition coefficient (Wildman–Crippen LogP) is -0.571. The summed E-state index contributed by atoms with van der Waals surface area (Å²) in [5, 5.41) is 16.8. The van der Waals surface area contributed by atoms with Crippen LogP contribution in [-0.4, -0.2) is 27.7 Å². The third-order valence-electron chi connectivity index (χ3n) is 1.14. The molecule has 0 rings (SSSR count). The van der Waals surface area contributed by atoms with Crippen molar-refractivity contribution >= 4 is 11.9 Å². The number of aliphatic carboxylic acids is 2. The monoisotopic (exact) mass is 159 g/mol. The normalized spacial score (nSPS) is 11.8. The van der Waals surface area contributed by atoms with Crippen LogP contribution in [0, 0.1) is 0 Å². The predicted molar refractivity (Wildman–Crippen MR) is 37.0 cm³/mol. The highest BCUT2D eigenvalue weighted by molar-refractivity contribution is 6.05. The fourth-order valence-electron chi connectivity index (χ4n) is 0.497. The van der Waals surface area contributed by atoms with Crippen LogP contribution < -0.4 is 5.73 Å². The zero-order valence-electron chi connectivity index (χ0n) is 5.94. The van der Waals surface area contributed by atoms with E-state index in [1.54, 1.807) is 0 Å². The quantitative estimate of drug-likeness (QED) is 0.378. The first-order valence-electron chi connectivity index (χ1n) is 2.84. The Bertz CT molecular complexity index is 195. The SMILES string of the molecule is CC=CC(N)(C(=O)O)C(=O)O. The van der Waals surface area contributed by atoms with Crippen LogP contribution in [-0.2, 0) is 9.59 Å². The molecule has 0 atom stereocenters. The molecule has 62 valence electrons. The maximum atomic E-state index is 10.3. The smallest absolute Gasteiger partial charge is 0.339 e. The van der Waals surface area contributed by atoms with Gasteiger partial charge in [-0.05, 0) is 13.0 Å². The molecule has 11 heavy (non-hydrogen) atoms. The number of carboxylic acid groups (broad SMARTS) is 2. The van der Waals surface area contributed by atoms with E-state index in [1.807, 2.05) is 0 Å². The lowest BCUT2D eigenvalue weighted by Crippen LogP contribution is -2.53. The molecule has 0 aromatic carbocycles. The van der Waals surface area contributed by atoms with Crippen LogP contribution in [0.25, 0.3) is 0 Å². The molecule has 0 aliphatic rings. The third-order valence-corrected chi connectivity index (χ3v) is 1.14. The van der Waals surface area contributed by atoms with Crippen LogP contribution in [0.15, 0.2) is 12.2 Å². The summed E-state index contributed by atoms with van der Waals surface area (Å²) in [6, 6.07) is 0. The second kappa shape index (κ2) is 3.16. The fraction of sp³-hybridized carbons (Fsp3) is 0.333. The molecule has 0 aromatic rings. The summed E-state index contributed by atoms with van der Waals surface area (Å²) in [4.78, 5) is 20.6. The highest BCUT2D eigenvalue weighted by atomic mass is 16.4. The Hall–Kier alpha value is -1.36. The molecule has 0 aromatic heterocycles. The highest BCUT2D eigenvalue weighted by Gasteiger charge is 2.39. The molecule has 0 aliphatic heterocycles. The van der Waals surface area contributed by atoms with Crippen LogP contribution in [0.1, 0.15) is 6.92 Å². The number of nitrogens with two attached hydrogens (primary N) is 1. The Morgan fingerprint density at radius 2 is 1.73 bits per heavy atom. The number of hydrogen-bond acceptors (Lipinski definition) is 3. The van der Waals surface area contributed by atoms with Gasteiger partial charge in [0.05, 0.1) is 0 Å². The zero-order valence-corrected chi connectivity index (χ0v) is 5.94. The largest absolute Gasteiger partial charge is 0.479 e. The summed E-state index contributed by atoms with van der Waals surface area (Å²) in [6.45, 7) is 1.49. The van der Waals surface area contributed by atoms with Gasteiger partial charge >= 0.3 is 11.9 Å². The Labute approximate surface area is 63.1 Å². The van der Waals surface area contributed by atoms with Crippen LogP contribution in [0.5, 0.6) is 0 Å². The Morgan fingerprint density at radius 1 is 1.36 bits per heavy atom. The van der Waals surface area contributed by atoms with E-state index in [2.05, 4.69) is 0 Å². The molecule has 0 aliphatic carbocycles.